The average Bonchev–Trinajstić information content (AvgIpc) is 2.27. The molecular formula is C6H4N4O5P+. The topological polar surface area (TPSA) is 127 Å². The molecule has 1 unspecified atom stereocenters. The number of nitro benzene ring substituents is 1. The summed E-state index contributed by atoms with van der Waals surface area (Å²) in [5.41, 5.74) is 7.73. The summed E-state index contributed by atoms with van der Waals surface area (Å²) in [6, 6.07) is 4.83. The number of rotatable bonds is 5. The summed E-state index contributed by atoms with van der Waals surface area (Å²) >= 11 is 0. The van der Waals surface area contributed by atoms with Gasteiger partial charge in [-0.2, -0.15) is 0 Å². The van der Waals surface area contributed by atoms with Crippen LogP contribution < -0.4 is 4.52 Å². The summed E-state index contributed by atoms with van der Waals surface area (Å²) in [7, 11) is -2.63. The van der Waals surface area contributed by atoms with Gasteiger partial charge >= 0.3 is 8.25 Å². The second-order valence-corrected chi connectivity index (χ2v) is 3.11. The molecule has 0 saturated heterocycles. The average molecular weight is 243 g/mol. The predicted molar refractivity (Wildman–Crippen MR) is 51.6 cm³/mol. The summed E-state index contributed by atoms with van der Waals surface area (Å²) in [5.74, 6) is 0.0971. The van der Waals surface area contributed by atoms with Crippen molar-refractivity contribution >= 4 is 13.9 Å². The van der Waals surface area contributed by atoms with Crippen LogP contribution in [0.1, 0.15) is 0 Å². The molecule has 0 amide bonds. The SMILES string of the molecule is [N-]=[N+]=NO[P+](=O)Oc1ccc([N+](=O)[O-])cc1. The zero-order chi connectivity index (χ0) is 12.0. The van der Waals surface area contributed by atoms with E-state index in [0.717, 1.165) is 0 Å². The van der Waals surface area contributed by atoms with Crippen molar-refractivity contribution < 1.29 is 18.6 Å². The molecule has 9 nitrogen and oxygen atoms in total. The van der Waals surface area contributed by atoms with Gasteiger partial charge in [0.05, 0.1) is 4.92 Å². The van der Waals surface area contributed by atoms with Crippen LogP contribution in [0.3, 0.4) is 0 Å². The van der Waals surface area contributed by atoms with Crippen LogP contribution >= 0.6 is 8.25 Å². The molecule has 0 saturated carbocycles. The molecule has 1 atom stereocenters. The molecule has 0 aliphatic rings. The highest BCUT2D eigenvalue weighted by Gasteiger charge is 2.22. The number of azide groups is 1. The van der Waals surface area contributed by atoms with Crippen molar-refractivity contribution in [1.29, 1.82) is 0 Å². The van der Waals surface area contributed by atoms with Crippen LogP contribution in [0.25, 0.3) is 10.4 Å². The molecule has 0 heterocycles. The van der Waals surface area contributed by atoms with Crippen LogP contribution in [-0.4, -0.2) is 4.92 Å². The van der Waals surface area contributed by atoms with Crippen molar-refractivity contribution in [2.75, 3.05) is 0 Å². The molecular weight excluding hydrogens is 239 g/mol. The van der Waals surface area contributed by atoms with Crippen molar-refractivity contribution in [3.05, 3.63) is 44.8 Å². The summed E-state index contributed by atoms with van der Waals surface area (Å²) in [6.45, 7) is 0. The van der Waals surface area contributed by atoms with Crippen molar-refractivity contribution in [1.82, 2.24) is 0 Å². The highest BCUT2D eigenvalue weighted by Crippen LogP contribution is 2.29. The molecule has 16 heavy (non-hydrogen) atoms. The lowest BCUT2D eigenvalue weighted by Crippen LogP contribution is -1.87. The van der Waals surface area contributed by atoms with Crippen LogP contribution in [0, 0.1) is 10.1 Å². The molecule has 0 aliphatic heterocycles. The normalized spacial score (nSPS) is 9.88. The highest BCUT2D eigenvalue weighted by atomic mass is 31.1. The standard InChI is InChI=1S/C6H4N4O5P/c7-8-9-15-16(13)14-6-3-1-5(2-4-6)10(11)12/h1-4H/q+1. The Kier molecular flexibility index (Phi) is 4.02. The first-order valence-electron chi connectivity index (χ1n) is 3.74. The number of non-ortho nitro benzene ring substituents is 1. The predicted octanol–water partition coefficient (Wildman–Crippen LogP) is 2.87. The summed E-state index contributed by atoms with van der Waals surface area (Å²) in [4.78, 5) is 11.9. The fraction of sp³-hybridized carbons (Fsp3) is 0. The van der Waals surface area contributed by atoms with E-state index in [4.69, 9.17) is 5.53 Å². The minimum absolute atomic E-state index is 0.0971. The summed E-state index contributed by atoms with van der Waals surface area (Å²) in [5, 5.41) is 12.9. The molecule has 0 fully saturated rings. The molecule has 82 valence electrons. The van der Waals surface area contributed by atoms with E-state index >= 15 is 0 Å². The van der Waals surface area contributed by atoms with Gasteiger partial charge < -0.3 is 0 Å². The number of hydrogen-bond donors (Lipinski definition) is 0. The fourth-order valence-electron chi connectivity index (χ4n) is 0.778. The first-order valence-corrected chi connectivity index (χ1v) is 4.84. The molecule has 0 aliphatic carbocycles. The maximum absolute atomic E-state index is 10.9. The van der Waals surface area contributed by atoms with Crippen LogP contribution in [0.5, 0.6) is 5.75 Å². The Bertz CT molecular complexity index is 454. The van der Waals surface area contributed by atoms with Crippen molar-refractivity contribution in [3.8, 4) is 5.75 Å². The largest absolute Gasteiger partial charge is 0.813 e. The summed E-state index contributed by atoms with van der Waals surface area (Å²) in [6.07, 6.45) is 0. The zero-order valence-corrected chi connectivity index (χ0v) is 8.48. The van der Waals surface area contributed by atoms with E-state index in [9.17, 15) is 14.7 Å². The highest BCUT2D eigenvalue weighted by molar-refractivity contribution is 7.33. The van der Waals surface area contributed by atoms with Crippen LogP contribution in [0.15, 0.2) is 29.5 Å². The van der Waals surface area contributed by atoms with Crippen molar-refractivity contribution in [2.24, 2.45) is 5.28 Å². The molecule has 0 aromatic heterocycles. The Morgan fingerprint density at radius 3 is 2.56 bits per heavy atom. The van der Waals surface area contributed by atoms with Gasteiger partial charge in [0.2, 0.25) is 0 Å². The van der Waals surface area contributed by atoms with Gasteiger partial charge in [-0.15, -0.1) is 4.62 Å². The van der Waals surface area contributed by atoms with E-state index in [0.29, 0.717) is 0 Å². The van der Waals surface area contributed by atoms with Gasteiger partial charge in [-0.05, 0) is 17.7 Å². The number of hydrogen-bond acceptors (Lipinski definition) is 6. The Morgan fingerprint density at radius 2 is 2.06 bits per heavy atom. The molecule has 1 rings (SSSR count). The Morgan fingerprint density at radius 1 is 1.44 bits per heavy atom. The van der Waals surface area contributed by atoms with Crippen LogP contribution in [0.4, 0.5) is 5.69 Å². The Hall–Kier alpha value is -2.37. The smallest absolute Gasteiger partial charge is 0.258 e. The number of nitrogens with zero attached hydrogens (tertiary/aromatic N) is 4. The first kappa shape index (κ1) is 11.7. The van der Waals surface area contributed by atoms with E-state index in [1.807, 2.05) is 0 Å². The van der Waals surface area contributed by atoms with Gasteiger partial charge in [0.1, 0.15) is 0 Å². The minimum atomic E-state index is -2.63. The van der Waals surface area contributed by atoms with E-state index in [-0.39, 0.29) is 11.4 Å². The third kappa shape index (κ3) is 3.41. The van der Waals surface area contributed by atoms with Gasteiger partial charge in [0.15, 0.2) is 11.0 Å². The maximum atomic E-state index is 10.9. The second-order valence-electron chi connectivity index (χ2n) is 2.32. The zero-order valence-electron chi connectivity index (χ0n) is 7.59. The van der Waals surface area contributed by atoms with Crippen LogP contribution in [-0.2, 0) is 9.19 Å². The lowest BCUT2D eigenvalue weighted by Gasteiger charge is -1.91. The molecule has 0 spiro atoms. The van der Waals surface area contributed by atoms with Crippen LogP contribution in [0.2, 0.25) is 0 Å². The Balaban J connectivity index is 2.65. The van der Waals surface area contributed by atoms with E-state index in [1.165, 1.54) is 24.3 Å². The van der Waals surface area contributed by atoms with Crippen molar-refractivity contribution in [2.45, 2.75) is 0 Å². The lowest BCUT2D eigenvalue weighted by atomic mass is 10.3. The van der Waals surface area contributed by atoms with Gasteiger partial charge in [-0.1, -0.05) is 0 Å². The number of nitro groups is 1. The van der Waals surface area contributed by atoms with E-state index in [2.05, 4.69) is 19.3 Å². The lowest BCUT2D eigenvalue weighted by molar-refractivity contribution is -0.384. The number of benzene rings is 1. The van der Waals surface area contributed by atoms with Crippen molar-refractivity contribution in [3.63, 3.8) is 0 Å². The first-order chi connectivity index (χ1) is 7.63. The molecule has 10 heteroatoms. The maximum Gasteiger partial charge on any atom is 0.813 e. The summed E-state index contributed by atoms with van der Waals surface area (Å²) < 4.78 is 19.6. The van der Waals surface area contributed by atoms with Gasteiger partial charge in [0, 0.05) is 21.6 Å². The molecule has 0 N–H and O–H groups in total. The molecule has 0 radical (unpaired) electrons. The second kappa shape index (κ2) is 5.50. The molecule has 1 aromatic carbocycles. The fourth-order valence-corrected chi connectivity index (χ4v) is 1.20. The van der Waals surface area contributed by atoms with Gasteiger partial charge in [-0.25, -0.2) is 4.52 Å². The van der Waals surface area contributed by atoms with E-state index in [1.54, 1.807) is 0 Å². The third-order valence-corrected chi connectivity index (χ3v) is 1.93. The molecule has 0 bridgehead atoms. The molecule has 1 aromatic rings. The van der Waals surface area contributed by atoms with Gasteiger partial charge in [-0.3, -0.25) is 10.1 Å². The minimum Gasteiger partial charge on any atom is -0.258 e. The van der Waals surface area contributed by atoms with E-state index < -0.39 is 13.2 Å². The quantitative estimate of drug-likeness (QED) is 0.196. The Labute approximate surface area is 89.3 Å². The third-order valence-electron chi connectivity index (χ3n) is 1.37. The van der Waals surface area contributed by atoms with Gasteiger partial charge in [0.25, 0.3) is 5.69 Å². The monoisotopic (exact) mass is 243 g/mol.